The Labute approximate surface area is 282 Å². The highest BCUT2D eigenvalue weighted by molar-refractivity contribution is 7.25. The first-order chi connectivity index (χ1) is 23.8. The Kier molecular flexibility index (Phi) is 5.99. The molecule has 7 aromatic carbocycles. The molecule has 1 aliphatic carbocycles. The molecule has 1 aliphatic rings. The number of benzene rings is 7. The molecule has 0 spiro atoms. The van der Waals surface area contributed by atoms with E-state index in [9.17, 15) is 0 Å². The van der Waals surface area contributed by atoms with Crippen LogP contribution in [0.2, 0.25) is 0 Å². The summed E-state index contributed by atoms with van der Waals surface area (Å²) in [5, 5.41) is 3.68. The van der Waals surface area contributed by atoms with Crippen molar-refractivity contribution in [3.63, 3.8) is 0 Å². The lowest BCUT2D eigenvalue weighted by Gasteiger charge is -2.34. The van der Waals surface area contributed by atoms with Gasteiger partial charge in [0.15, 0.2) is 5.82 Å². The van der Waals surface area contributed by atoms with Gasteiger partial charge in [0.1, 0.15) is 0 Å². The first kappa shape index (κ1) is 27.2. The molecule has 10 rings (SSSR count). The van der Waals surface area contributed by atoms with E-state index in [4.69, 9.17) is 9.97 Å². The molecule has 0 bridgehead atoms. The summed E-state index contributed by atoms with van der Waals surface area (Å²) in [4.78, 5) is 10.2. The molecule has 0 aliphatic heterocycles. The first-order valence-electron chi connectivity index (χ1n) is 16.3. The second-order valence-electron chi connectivity index (χ2n) is 12.5. The normalized spacial score (nSPS) is 13.2. The molecule has 0 fully saturated rings. The molecule has 0 N–H and O–H groups in total. The maximum absolute atomic E-state index is 5.16. The first-order valence-corrected chi connectivity index (χ1v) is 17.1. The van der Waals surface area contributed by atoms with Gasteiger partial charge in [0.05, 0.1) is 16.6 Å². The average molecular weight is 629 g/mol. The Balaban J connectivity index is 1.21. The lowest BCUT2D eigenvalue weighted by atomic mass is 9.67. The number of hydrogen-bond acceptors (Lipinski definition) is 3. The zero-order valence-electron chi connectivity index (χ0n) is 26.0. The van der Waals surface area contributed by atoms with Crippen LogP contribution in [-0.2, 0) is 5.41 Å². The van der Waals surface area contributed by atoms with Gasteiger partial charge in [0.25, 0.3) is 0 Å². The molecule has 2 heterocycles. The van der Waals surface area contributed by atoms with Gasteiger partial charge >= 0.3 is 0 Å². The fraction of sp³-hybridized carbons (Fsp3) is 0.0222. The van der Waals surface area contributed by atoms with E-state index < -0.39 is 5.41 Å². The van der Waals surface area contributed by atoms with E-state index >= 15 is 0 Å². The summed E-state index contributed by atoms with van der Waals surface area (Å²) in [5.41, 5.74) is 11.2. The third-order valence-corrected chi connectivity index (χ3v) is 11.1. The average Bonchev–Trinajstić information content (AvgIpc) is 3.68. The number of nitrogens with zero attached hydrogens (tertiary/aromatic N) is 2. The van der Waals surface area contributed by atoms with Gasteiger partial charge in [0.2, 0.25) is 0 Å². The van der Waals surface area contributed by atoms with Crippen LogP contribution in [0.1, 0.15) is 22.3 Å². The van der Waals surface area contributed by atoms with Crippen molar-refractivity contribution >= 4 is 42.4 Å². The molecule has 2 aromatic heterocycles. The third-order valence-electron chi connectivity index (χ3n) is 9.99. The van der Waals surface area contributed by atoms with Crippen molar-refractivity contribution in [2.24, 2.45) is 0 Å². The quantitative estimate of drug-likeness (QED) is 0.194. The number of thiophene rings is 1. The van der Waals surface area contributed by atoms with Crippen molar-refractivity contribution in [1.82, 2.24) is 9.97 Å². The van der Waals surface area contributed by atoms with Gasteiger partial charge in [0, 0.05) is 36.7 Å². The van der Waals surface area contributed by atoms with Crippen LogP contribution in [0.4, 0.5) is 0 Å². The summed E-state index contributed by atoms with van der Waals surface area (Å²) in [5.74, 6) is 0.728. The van der Waals surface area contributed by atoms with E-state index in [1.807, 2.05) is 23.5 Å². The molecule has 224 valence electrons. The molecular formula is C45H28N2S. The minimum Gasteiger partial charge on any atom is -0.228 e. The van der Waals surface area contributed by atoms with Crippen molar-refractivity contribution in [3.05, 3.63) is 192 Å². The molecule has 0 radical (unpaired) electrons. The van der Waals surface area contributed by atoms with Crippen LogP contribution >= 0.6 is 11.3 Å². The van der Waals surface area contributed by atoms with Crippen molar-refractivity contribution < 1.29 is 0 Å². The standard InChI is InChI=1S/C45H28N2S/c1-2-12-29(13-3-1)43-36-17-6-10-20-40(36)46-44(47-43)30-22-24-31(25-23-30)45(38-18-8-4-14-33(38)34-15-5-9-19-39(34)45)32-26-27-42-37(28-32)35-16-7-11-21-41(35)48-42/h1-28H. The predicted molar refractivity (Wildman–Crippen MR) is 201 cm³/mol. The SMILES string of the molecule is c1ccc(-c2nc(-c3ccc(C4(c5ccc6sc7ccccc7c6c5)c5ccccc5-c5ccccc54)cc3)nc3ccccc23)cc1. The maximum Gasteiger partial charge on any atom is 0.160 e. The van der Waals surface area contributed by atoms with Crippen LogP contribution in [0.5, 0.6) is 0 Å². The van der Waals surface area contributed by atoms with Crippen molar-refractivity contribution in [2.75, 3.05) is 0 Å². The van der Waals surface area contributed by atoms with Crippen molar-refractivity contribution in [3.8, 4) is 33.8 Å². The number of aromatic nitrogens is 2. The fourth-order valence-corrected chi connectivity index (χ4v) is 8.96. The Hall–Kier alpha value is -5.90. The summed E-state index contributed by atoms with van der Waals surface area (Å²) in [6.07, 6.45) is 0. The summed E-state index contributed by atoms with van der Waals surface area (Å²) in [6.45, 7) is 0. The second-order valence-corrected chi connectivity index (χ2v) is 13.6. The topological polar surface area (TPSA) is 25.8 Å². The van der Waals surface area contributed by atoms with Crippen LogP contribution in [0.3, 0.4) is 0 Å². The molecule has 0 atom stereocenters. The van der Waals surface area contributed by atoms with Gasteiger partial charge in [-0.05, 0) is 57.6 Å². The van der Waals surface area contributed by atoms with Crippen LogP contribution in [0.15, 0.2) is 170 Å². The van der Waals surface area contributed by atoms with E-state index in [2.05, 4.69) is 158 Å². The summed E-state index contributed by atoms with van der Waals surface area (Å²) in [7, 11) is 0. The van der Waals surface area contributed by atoms with Crippen LogP contribution in [0.25, 0.3) is 64.8 Å². The van der Waals surface area contributed by atoms with Crippen LogP contribution in [-0.4, -0.2) is 9.97 Å². The number of fused-ring (bicyclic) bond motifs is 7. The minimum atomic E-state index is -0.484. The fourth-order valence-electron chi connectivity index (χ4n) is 7.87. The van der Waals surface area contributed by atoms with Gasteiger partial charge in [-0.1, -0.05) is 146 Å². The molecule has 2 nitrogen and oxygen atoms in total. The lowest BCUT2D eigenvalue weighted by Crippen LogP contribution is -2.28. The van der Waals surface area contributed by atoms with Crippen LogP contribution in [0, 0.1) is 0 Å². The van der Waals surface area contributed by atoms with E-state index in [-0.39, 0.29) is 0 Å². The molecular weight excluding hydrogens is 601 g/mol. The Bertz CT molecular complexity index is 2630. The van der Waals surface area contributed by atoms with Gasteiger partial charge in [-0.3, -0.25) is 0 Å². The van der Waals surface area contributed by atoms with Crippen LogP contribution < -0.4 is 0 Å². The van der Waals surface area contributed by atoms with Gasteiger partial charge in [-0.25, -0.2) is 9.97 Å². The molecule has 9 aromatic rings. The predicted octanol–water partition coefficient (Wildman–Crippen LogP) is 11.7. The third kappa shape index (κ3) is 3.92. The highest BCUT2D eigenvalue weighted by atomic mass is 32.1. The van der Waals surface area contributed by atoms with E-state index in [0.29, 0.717) is 0 Å². The smallest absolute Gasteiger partial charge is 0.160 e. The summed E-state index contributed by atoms with van der Waals surface area (Å²) < 4.78 is 2.63. The van der Waals surface area contributed by atoms with E-state index in [1.165, 1.54) is 53.6 Å². The minimum absolute atomic E-state index is 0.484. The lowest BCUT2D eigenvalue weighted by molar-refractivity contribution is 0.770. The Morgan fingerprint density at radius 3 is 1.79 bits per heavy atom. The monoisotopic (exact) mass is 628 g/mol. The number of rotatable bonds is 4. The van der Waals surface area contributed by atoms with Crippen molar-refractivity contribution in [2.45, 2.75) is 5.41 Å². The summed E-state index contributed by atoms with van der Waals surface area (Å²) in [6, 6.07) is 61.4. The van der Waals surface area contributed by atoms with Crippen molar-refractivity contribution in [1.29, 1.82) is 0 Å². The zero-order chi connectivity index (χ0) is 31.7. The molecule has 0 amide bonds. The molecule has 48 heavy (non-hydrogen) atoms. The molecule has 0 saturated heterocycles. The number of hydrogen-bond donors (Lipinski definition) is 0. The molecule has 3 heteroatoms. The Morgan fingerprint density at radius 2 is 1.02 bits per heavy atom. The number of para-hydroxylation sites is 1. The largest absolute Gasteiger partial charge is 0.228 e. The Morgan fingerprint density at radius 1 is 0.417 bits per heavy atom. The van der Waals surface area contributed by atoms with Gasteiger partial charge < -0.3 is 0 Å². The highest BCUT2D eigenvalue weighted by Gasteiger charge is 2.46. The van der Waals surface area contributed by atoms with Gasteiger partial charge in [-0.15, -0.1) is 11.3 Å². The second kappa shape index (κ2) is 10.6. The molecule has 0 saturated carbocycles. The van der Waals surface area contributed by atoms with E-state index in [0.717, 1.165) is 33.5 Å². The maximum atomic E-state index is 5.16. The molecule has 0 unspecified atom stereocenters. The summed E-state index contributed by atoms with van der Waals surface area (Å²) >= 11 is 1.86. The zero-order valence-corrected chi connectivity index (χ0v) is 26.8. The van der Waals surface area contributed by atoms with Gasteiger partial charge in [-0.2, -0.15) is 0 Å². The highest BCUT2D eigenvalue weighted by Crippen LogP contribution is 2.56. The van der Waals surface area contributed by atoms with E-state index in [1.54, 1.807) is 0 Å².